The van der Waals surface area contributed by atoms with Crippen molar-refractivity contribution >= 4 is 47.5 Å². The van der Waals surface area contributed by atoms with E-state index in [0.717, 1.165) is 23.1 Å². The molecule has 79 heavy (non-hydrogen) atoms. The van der Waals surface area contributed by atoms with Crippen LogP contribution in [0.2, 0.25) is 0 Å². The second kappa shape index (κ2) is 26.9. The Labute approximate surface area is 448 Å². The van der Waals surface area contributed by atoms with E-state index in [-0.39, 0.29) is 30.1 Å². The third-order valence-electron chi connectivity index (χ3n) is 13.9. The van der Waals surface area contributed by atoms with Crippen LogP contribution in [0.4, 0.5) is 5.69 Å². The molecule has 6 rings (SSSR count). The van der Waals surface area contributed by atoms with Crippen molar-refractivity contribution in [3.05, 3.63) is 69.8 Å². The minimum Gasteiger partial charge on any atom is -0.462 e. The molecule has 0 saturated carbocycles. The van der Waals surface area contributed by atoms with Gasteiger partial charge >= 0.3 is 0 Å². The van der Waals surface area contributed by atoms with Gasteiger partial charge in [0.25, 0.3) is 5.69 Å². The van der Waals surface area contributed by atoms with Gasteiger partial charge in [-0.1, -0.05) is 37.3 Å². The number of nitrogens with one attached hydrogen (secondary N) is 5. The first-order valence-corrected chi connectivity index (χ1v) is 24.6. The summed E-state index contributed by atoms with van der Waals surface area (Å²) in [5.74, 6) is -7.03. The van der Waals surface area contributed by atoms with Gasteiger partial charge in [0.2, 0.25) is 29.9 Å². The van der Waals surface area contributed by atoms with Gasteiger partial charge in [-0.05, 0) is 17.7 Å². The van der Waals surface area contributed by atoms with E-state index in [0.29, 0.717) is 5.56 Å². The molecule has 33 nitrogen and oxygen atoms in total. The second-order valence-corrected chi connectivity index (χ2v) is 19.1. The summed E-state index contributed by atoms with van der Waals surface area (Å²) >= 11 is 0. The summed E-state index contributed by atoms with van der Waals surface area (Å²) in [6.07, 6.45) is -23.0. The Balaban J connectivity index is 1.36. The number of hydrogen-bond donors (Lipinski definition) is 19. The predicted octanol–water partition coefficient (Wildman–Crippen LogP) is -10.6. The summed E-state index contributed by atoms with van der Waals surface area (Å²) in [5, 5.41) is 141. The maximum absolute atomic E-state index is 14.8. The molecule has 4 heterocycles. The second-order valence-electron chi connectivity index (χ2n) is 19.1. The molecule has 20 unspecified atom stereocenters. The van der Waals surface area contributed by atoms with Crippen LogP contribution in [0, 0.1) is 10.1 Å². The molecule has 20 atom stereocenters. The molecule has 436 valence electrons. The number of carbonyl (C=O) groups excluding carboxylic acids is 5. The van der Waals surface area contributed by atoms with Crippen LogP contribution in [0.5, 0.6) is 5.75 Å². The van der Waals surface area contributed by atoms with Gasteiger partial charge in [-0.2, -0.15) is 0 Å². The maximum atomic E-state index is 14.8. The fraction of sp³-hybridized carbons (Fsp3) is 0.587. The first-order valence-electron chi connectivity index (χ1n) is 24.6. The Bertz CT molecular complexity index is 2530. The molecule has 0 radical (unpaired) electrons. The van der Waals surface area contributed by atoms with Crippen molar-refractivity contribution in [1.29, 1.82) is 0 Å². The van der Waals surface area contributed by atoms with E-state index in [9.17, 15) is 90.3 Å². The largest absolute Gasteiger partial charge is 0.462 e. The van der Waals surface area contributed by atoms with Gasteiger partial charge in [-0.15, -0.1) is 0 Å². The molecule has 33 heteroatoms. The number of carbonyl (C=O) groups is 5. The highest BCUT2D eigenvalue weighted by molar-refractivity contribution is 5.96. The third-order valence-corrected chi connectivity index (χ3v) is 13.9. The van der Waals surface area contributed by atoms with Gasteiger partial charge in [0, 0.05) is 17.9 Å². The number of aliphatic imine (C=N–C) groups is 2. The minimum atomic E-state index is -2.30. The van der Waals surface area contributed by atoms with Crippen molar-refractivity contribution in [2.24, 2.45) is 27.2 Å². The number of nitrogens with two attached hydrogens (primary N) is 3. The Morgan fingerprint density at radius 1 is 0.810 bits per heavy atom. The fourth-order valence-electron chi connectivity index (χ4n) is 9.21. The van der Waals surface area contributed by atoms with Crippen LogP contribution < -0.4 is 48.5 Å². The van der Waals surface area contributed by atoms with Gasteiger partial charge < -0.3 is 124 Å². The molecule has 4 aliphatic rings. The zero-order valence-electron chi connectivity index (χ0n) is 42.0. The number of rotatable bonds is 24. The van der Waals surface area contributed by atoms with Crippen LogP contribution in [-0.2, 0) is 39.9 Å². The molecule has 4 amide bonds. The van der Waals surface area contributed by atoms with Gasteiger partial charge in [0.05, 0.1) is 62.0 Å². The van der Waals surface area contributed by atoms with Gasteiger partial charge in [0.15, 0.2) is 18.1 Å². The van der Waals surface area contributed by atoms with E-state index in [1.54, 1.807) is 37.3 Å². The molecule has 0 aromatic heterocycles. The minimum absolute atomic E-state index is 0.106. The van der Waals surface area contributed by atoms with E-state index >= 15 is 0 Å². The van der Waals surface area contributed by atoms with Gasteiger partial charge in [-0.3, -0.25) is 39.3 Å². The Kier molecular flexibility index (Phi) is 20.9. The number of aliphatic hydroxyl groups is 11. The normalized spacial score (nSPS) is 29.9. The number of nitro groups is 1. The van der Waals surface area contributed by atoms with Crippen molar-refractivity contribution in [3.8, 4) is 5.75 Å². The lowest BCUT2D eigenvalue weighted by molar-refractivity contribution is -0.385. The van der Waals surface area contributed by atoms with E-state index in [2.05, 4.69) is 36.6 Å². The van der Waals surface area contributed by atoms with Crippen LogP contribution in [-0.4, -0.2) is 257 Å². The molecule has 2 saturated heterocycles. The van der Waals surface area contributed by atoms with E-state index in [1.807, 2.05) is 0 Å². The molecule has 4 aliphatic heterocycles. The quantitative estimate of drug-likeness (QED) is 0.0264. The van der Waals surface area contributed by atoms with E-state index in [1.165, 1.54) is 0 Å². The highest BCUT2D eigenvalue weighted by Gasteiger charge is 2.52. The summed E-state index contributed by atoms with van der Waals surface area (Å²) in [6.45, 7) is -1.99. The summed E-state index contributed by atoms with van der Waals surface area (Å²) in [5.41, 5.74) is 17.9. The lowest BCUT2D eigenvalue weighted by Gasteiger charge is -2.46. The predicted molar refractivity (Wildman–Crippen MR) is 266 cm³/mol. The zero-order valence-corrected chi connectivity index (χ0v) is 42.0. The maximum Gasteiger partial charge on any atom is 0.276 e. The Morgan fingerprint density at radius 2 is 1.42 bits per heavy atom. The van der Waals surface area contributed by atoms with Crippen molar-refractivity contribution in [2.75, 3.05) is 32.9 Å². The fourth-order valence-corrected chi connectivity index (χ4v) is 9.21. The summed E-state index contributed by atoms with van der Waals surface area (Å²) in [7, 11) is 0. The highest BCUT2D eigenvalue weighted by atomic mass is 16.7. The molecule has 0 spiro atoms. The van der Waals surface area contributed by atoms with Crippen LogP contribution in [0.3, 0.4) is 0 Å². The number of guanidine groups is 2. The molecule has 2 fully saturated rings. The average molecular weight is 1120 g/mol. The van der Waals surface area contributed by atoms with Crippen LogP contribution in [0.15, 0.2) is 58.5 Å². The molecule has 0 bridgehead atoms. The summed E-state index contributed by atoms with van der Waals surface area (Å²) < 4.78 is 16.6. The number of benzene rings is 2. The topological polar surface area (TPSA) is 545 Å². The number of nitro benzene ring substituents is 1. The lowest BCUT2D eigenvalue weighted by atomic mass is 9.93. The van der Waals surface area contributed by atoms with Gasteiger partial charge in [-0.25, -0.2) is 0 Å². The standard InChI is InChI=1S/C46H66N12O21/c1-17(18-5-3-2-4-6-18)28(47)40(72)53-22(9-19-7-8-21(10-24(19)58(75)76)77-44-38(70)36(68)34(66)27(16-62)79-44)39(71)55-29(31(63)23-11-50-45(48)54-23)42(74)56-30(41(73)52-20(13-59)14-60)32(64)25-12-51-46(49)57(25)43-37(69)35(67)33(65)26(15-61)78-43/h2-8,10,13,17,20,22-23,25-38,43-44,60-70H,9,11-12,14-16,47H2,1H3,(H2,49,51)(H,52,73)(H,53,72)(H,55,71)(H,56,74)(H3,48,50,54). The summed E-state index contributed by atoms with van der Waals surface area (Å²) in [4.78, 5) is 90.2. The van der Waals surface area contributed by atoms with E-state index < -0.39 is 195 Å². The number of hydrogen-bond acceptors (Lipinski definition) is 28. The van der Waals surface area contributed by atoms with Crippen molar-refractivity contribution < 1.29 is 99.3 Å². The van der Waals surface area contributed by atoms with E-state index in [4.69, 9.17) is 31.4 Å². The molecular weight excluding hydrogens is 1060 g/mol. The Hall–Kier alpha value is -6.83. The number of aldehydes is 1. The lowest BCUT2D eigenvalue weighted by Crippen LogP contribution is -2.70. The van der Waals surface area contributed by atoms with Crippen molar-refractivity contribution in [2.45, 2.75) is 135 Å². The van der Waals surface area contributed by atoms with Crippen LogP contribution >= 0.6 is 0 Å². The van der Waals surface area contributed by atoms with Gasteiger partial charge in [0.1, 0.15) is 97.2 Å². The SMILES string of the molecule is CC(c1ccccc1)C(N)C(=O)NC(Cc1ccc(OC2OC(CO)C(O)C(O)C2O)cc1[N+](=O)[O-])C(=O)NC(C(=O)NC(C(=O)NC(C=O)CO)C(O)C1CN=C(N)N1C1OC(CO)C(O)C(O)C1O)C(O)C1CN=C(N)N1. The van der Waals surface area contributed by atoms with Crippen LogP contribution in [0.1, 0.15) is 24.0 Å². The molecule has 2 aromatic rings. The smallest absolute Gasteiger partial charge is 0.276 e. The number of amides is 4. The molecule has 22 N–H and O–H groups in total. The highest BCUT2D eigenvalue weighted by Crippen LogP contribution is 2.31. The number of ether oxygens (including phenoxy) is 3. The Morgan fingerprint density at radius 3 is 2.01 bits per heavy atom. The van der Waals surface area contributed by atoms with Crippen molar-refractivity contribution in [3.63, 3.8) is 0 Å². The molecule has 0 aliphatic carbocycles. The monoisotopic (exact) mass is 1120 g/mol. The molecular formula is C46H66N12O21. The van der Waals surface area contributed by atoms with Crippen LogP contribution in [0.25, 0.3) is 0 Å². The molecule has 2 aromatic carbocycles. The third kappa shape index (κ3) is 14.0. The number of nitrogens with zero attached hydrogens (tertiary/aromatic N) is 4. The average Bonchev–Trinajstić information content (AvgIpc) is 4.15. The number of aliphatic hydroxyl groups excluding tert-OH is 11. The first-order chi connectivity index (χ1) is 37.5. The van der Waals surface area contributed by atoms with Crippen molar-refractivity contribution in [1.82, 2.24) is 31.5 Å². The summed E-state index contributed by atoms with van der Waals surface area (Å²) in [6, 6.07) is -1.08. The zero-order chi connectivity index (χ0) is 58.2. The first kappa shape index (κ1) is 61.4.